The van der Waals surface area contributed by atoms with Gasteiger partial charge in [0.2, 0.25) is 5.91 Å². The van der Waals surface area contributed by atoms with Crippen LogP contribution >= 0.6 is 11.8 Å². The maximum absolute atomic E-state index is 12.5. The average molecular weight is 348 g/mol. The highest BCUT2D eigenvalue weighted by atomic mass is 32.2. The van der Waals surface area contributed by atoms with Crippen LogP contribution in [0.4, 0.5) is 0 Å². The number of aromatic amines is 1. The molecule has 1 aromatic carbocycles. The molecule has 0 fully saturated rings. The Balaban J connectivity index is 2.18. The summed E-state index contributed by atoms with van der Waals surface area (Å²) in [6.45, 7) is 6.13. The summed E-state index contributed by atoms with van der Waals surface area (Å²) >= 11 is 1.54. The Bertz CT molecular complexity index is 724. The minimum atomic E-state index is -0.445. The van der Waals surface area contributed by atoms with Crippen molar-refractivity contribution >= 4 is 34.5 Å². The second-order valence-corrected chi connectivity index (χ2v) is 7.42. The molecule has 24 heavy (non-hydrogen) atoms. The molecule has 0 radical (unpaired) electrons. The van der Waals surface area contributed by atoms with E-state index < -0.39 is 5.97 Å². The van der Waals surface area contributed by atoms with Gasteiger partial charge in [0, 0.05) is 22.0 Å². The Morgan fingerprint density at radius 3 is 2.75 bits per heavy atom. The van der Waals surface area contributed by atoms with Crippen LogP contribution in [0.25, 0.3) is 10.9 Å². The Hall–Kier alpha value is -1.95. The second kappa shape index (κ2) is 8.24. The van der Waals surface area contributed by atoms with E-state index in [0.717, 1.165) is 22.2 Å². The zero-order valence-electron chi connectivity index (χ0n) is 14.5. The molecule has 0 spiro atoms. The lowest BCUT2D eigenvalue weighted by Crippen LogP contribution is -2.37. The van der Waals surface area contributed by atoms with Crippen molar-refractivity contribution in [2.45, 2.75) is 37.3 Å². The van der Waals surface area contributed by atoms with Crippen molar-refractivity contribution in [1.29, 1.82) is 0 Å². The third kappa shape index (κ3) is 4.54. The van der Waals surface area contributed by atoms with Crippen LogP contribution in [0.2, 0.25) is 0 Å². The van der Waals surface area contributed by atoms with Gasteiger partial charge in [0.05, 0.1) is 12.4 Å². The number of aromatic nitrogens is 1. The Morgan fingerprint density at radius 1 is 1.33 bits per heavy atom. The molecule has 2 rings (SSSR count). The first kappa shape index (κ1) is 18.4. The topological polar surface area (TPSA) is 71.2 Å². The molecule has 1 heterocycles. The van der Waals surface area contributed by atoms with E-state index in [1.54, 1.807) is 0 Å². The number of fused-ring (bicyclic) bond motifs is 1. The number of carbonyl (C=O) groups is 2. The summed E-state index contributed by atoms with van der Waals surface area (Å²) in [5, 5.41) is 3.56. The molecule has 5 nitrogen and oxygen atoms in total. The lowest BCUT2D eigenvalue weighted by atomic mass is 10.1. The summed E-state index contributed by atoms with van der Waals surface area (Å²) < 4.78 is 4.58. The van der Waals surface area contributed by atoms with E-state index in [2.05, 4.69) is 41.9 Å². The lowest BCUT2D eigenvalue weighted by Gasteiger charge is -2.18. The van der Waals surface area contributed by atoms with Crippen LogP contribution in [0.15, 0.2) is 29.3 Å². The molecule has 2 aromatic rings. The van der Waals surface area contributed by atoms with Crippen molar-refractivity contribution in [3.8, 4) is 0 Å². The molecule has 0 saturated carbocycles. The third-order valence-corrected chi connectivity index (χ3v) is 5.03. The number of H-pyrrole nitrogens is 1. The molecule has 6 heteroatoms. The van der Waals surface area contributed by atoms with Crippen molar-refractivity contribution in [2.24, 2.45) is 5.92 Å². The second-order valence-electron chi connectivity index (χ2n) is 6.18. The molecule has 0 aliphatic rings. The van der Waals surface area contributed by atoms with Gasteiger partial charge in [0.15, 0.2) is 0 Å². The monoisotopic (exact) mass is 348 g/mol. The van der Waals surface area contributed by atoms with Gasteiger partial charge in [-0.3, -0.25) is 9.59 Å². The van der Waals surface area contributed by atoms with E-state index in [4.69, 9.17) is 0 Å². The maximum Gasteiger partial charge on any atom is 0.325 e. The number of amides is 1. The zero-order valence-corrected chi connectivity index (χ0v) is 15.3. The molecule has 1 atom stereocenters. The van der Waals surface area contributed by atoms with Gasteiger partial charge in [-0.05, 0) is 30.9 Å². The molecule has 1 amide bonds. The minimum absolute atomic E-state index is 0.0998. The van der Waals surface area contributed by atoms with Gasteiger partial charge in [-0.1, -0.05) is 26.0 Å². The van der Waals surface area contributed by atoms with Gasteiger partial charge in [0.1, 0.15) is 6.54 Å². The number of aryl methyl sites for hydroxylation is 1. The summed E-state index contributed by atoms with van der Waals surface area (Å²) in [5.41, 5.74) is 2.24. The molecule has 130 valence electrons. The normalized spacial score (nSPS) is 12.4. The average Bonchev–Trinajstić information content (AvgIpc) is 2.95. The standard InChI is InChI=1S/C18H24N2O3S/c1-11(2)8-14(18(22)20-10-16(21)23-4)24-15-9-19-13-7-5-6-12(3)17(13)15/h5-7,9,11,14,19H,8,10H2,1-4H3,(H,20,22)/t14-/m1/s1. The van der Waals surface area contributed by atoms with E-state index >= 15 is 0 Å². The van der Waals surface area contributed by atoms with Crippen molar-refractivity contribution in [3.05, 3.63) is 30.0 Å². The van der Waals surface area contributed by atoms with Crippen molar-refractivity contribution in [3.63, 3.8) is 0 Å². The summed E-state index contributed by atoms with van der Waals surface area (Å²) in [6.07, 6.45) is 2.68. The van der Waals surface area contributed by atoms with Gasteiger partial charge in [0.25, 0.3) is 0 Å². The van der Waals surface area contributed by atoms with E-state index in [1.165, 1.54) is 24.4 Å². The minimum Gasteiger partial charge on any atom is -0.468 e. The number of hydrogen-bond acceptors (Lipinski definition) is 4. The zero-order chi connectivity index (χ0) is 17.7. The summed E-state index contributed by atoms with van der Waals surface area (Å²) in [7, 11) is 1.31. The fourth-order valence-corrected chi connectivity index (χ4v) is 4.05. The van der Waals surface area contributed by atoms with Crippen LogP contribution in [0, 0.1) is 12.8 Å². The van der Waals surface area contributed by atoms with E-state index in [1.807, 2.05) is 18.3 Å². The molecule has 2 N–H and O–H groups in total. The van der Waals surface area contributed by atoms with Gasteiger partial charge in [-0.2, -0.15) is 0 Å². The van der Waals surface area contributed by atoms with Crippen molar-refractivity contribution in [1.82, 2.24) is 10.3 Å². The van der Waals surface area contributed by atoms with Gasteiger partial charge < -0.3 is 15.0 Å². The highest BCUT2D eigenvalue weighted by molar-refractivity contribution is 8.00. The van der Waals surface area contributed by atoms with Crippen molar-refractivity contribution < 1.29 is 14.3 Å². The van der Waals surface area contributed by atoms with Gasteiger partial charge in [-0.25, -0.2) is 0 Å². The first-order valence-electron chi connectivity index (χ1n) is 8.00. The number of carbonyl (C=O) groups excluding carboxylic acids is 2. The predicted octanol–water partition coefficient (Wildman–Crippen LogP) is 3.27. The molecule has 1 aromatic heterocycles. The molecular formula is C18H24N2O3S. The molecule has 0 unspecified atom stereocenters. The smallest absolute Gasteiger partial charge is 0.325 e. The van der Waals surface area contributed by atoms with Crippen LogP contribution in [-0.2, 0) is 14.3 Å². The van der Waals surface area contributed by atoms with Gasteiger partial charge in [-0.15, -0.1) is 11.8 Å². The highest BCUT2D eigenvalue weighted by Gasteiger charge is 2.23. The van der Waals surface area contributed by atoms with E-state index in [9.17, 15) is 9.59 Å². The lowest BCUT2D eigenvalue weighted by molar-refractivity contribution is -0.141. The molecular weight excluding hydrogens is 324 g/mol. The number of benzene rings is 1. The Morgan fingerprint density at radius 2 is 2.08 bits per heavy atom. The van der Waals surface area contributed by atoms with Gasteiger partial charge >= 0.3 is 5.97 Å². The Kier molecular flexibility index (Phi) is 6.31. The highest BCUT2D eigenvalue weighted by Crippen LogP contribution is 2.35. The SMILES string of the molecule is COC(=O)CNC(=O)[C@@H](CC(C)C)Sc1c[nH]c2cccc(C)c12. The number of rotatable bonds is 7. The van der Waals surface area contributed by atoms with Crippen LogP contribution in [0.3, 0.4) is 0 Å². The predicted molar refractivity (Wildman–Crippen MR) is 97.2 cm³/mol. The van der Waals surface area contributed by atoms with E-state index in [-0.39, 0.29) is 17.7 Å². The first-order chi connectivity index (χ1) is 11.4. The fourth-order valence-electron chi connectivity index (χ4n) is 2.56. The number of nitrogens with one attached hydrogen (secondary N) is 2. The number of ether oxygens (including phenoxy) is 1. The first-order valence-corrected chi connectivity index (χ1v) is 8.88. The fraction of sp³-hybridized carbons (Fsp3) is 0.444. The number of thioether (sulfide) groups is 1. The Labute approximate surface area is 146 Å². The maximum atomic E-state index is 12.5. The van der Waals surface area contributed by atoms with Crippen LogP contribution < -0.4 is 5.32 Å². The third-order valence-electron chi connectivity index (χ3n) is 3.76. The summed E-state index contributed by atoms with van der Waals surface area (Å²) in [6, 6.07) is 6.10. The largest absolute Gasteiger partial charge is 0.468 e. The molecule has 0 aliphatic carbocycles. The van der Waals surface area contributed by atoms with E-state index in [0.29, 0.717) is 5.92 Å². The number of esters is 1. The number of hydrogen-bond donors (Lipinski definition) is 2. The van der Waals surface area contributed by atoms with Crippen LogP contribution in [-0.4, -0.2) is 35.8 Å². The quantitative estimate of drug-likeness (QED) is 0.595. The molecule has 0 bridgehead atoms. The van der Waals surface area contributed by atoms with Crippen LogP contribution in [0.5, 0.6) is 0 Å². The summed E-state index contributed by atoms with van der Waals surface area (Å²) in [5.74, 6) is -0.209. The van der Waals surface area contributed by atoms with Crippen molar-refractivity contribution in [2.75, 3.05) is 13.7 Å². The molecule has 0 aliphatic heterocycles. The number of methoxy groups -OCH3 is 1. The summed E-state index contributed by atoms with van der Waals surface area (Å²) in [4.78, 5) is 28.1. The van der Waals surface area contributed by atoms with Crippen LogP contribution in [0.1, 0.15) is 25.8 Å². The molecule has 0 saturated heterocycles.